The van der Waals surface area contributed by atoms with Gasteiger partial charge in [-0.1, -0.05) is 174 Å². The predicted octanol–water partition coefficient (Wildman–Crippen LogP) is 12.4. The fourth-order valence-electron chi connectivity index (χ4n) is 4.99. The van der Waals surface area contributed by atoms with Crippen LogP contribution in [0.2, 0.25) is 0 Å². The first-order valence-corrected chi connectivity index (χ1v) is 16.7. The summed E-state index contributed by atoms with van der Waals surface area (Å²) in [7, 11) is 0. The van der Waals surface area contributed by atoms with Crippen molar-refractivity contribution in [2.75, 3.05) is 0 Å². The summed E-state index contributed by atoms with van der Waals surface area (Å²) < 4.78 is 5.25. The maximum atomic E-state index is 11.8. The van der Waals surface area contributed by atoms with Gasteiger partial charge in [-0.25, -0.2) is 0 Å². The van der Waals surface area contributed by atoms with E-state index >= 15 is 0 Å². The van der Waals surface area contributed by atoms with Crippen molar-refractivity contribution in [3.05, 3.63) is 12.3 Å². The molecule has 0 aromatic carbocycles. The fraction of sp³-hybridized carbons (Fsp3) is 0.912. The molecule has 0 bridgehead atoms. The van der Waals surface area contributed by atoms with Crippen molar-refractivity contribution in [2.45, 2.75) is 200 Å². The number of unbranched alkanes of at least 4 members (excludes halogenated alkanes) is 26. The lowest BCUT2D eigenvalue weighted by atomic mass is 10.0. The first kappa shape index (κ1) is 35.2. The van der Waals surface area contributed by atoms with Gasteiger partial charge in [0.05, 0.1) is 6.26 Å². The molecule has 0 aliphatic rings. The van der Waals surface area contributed by atoms with E-state index < -0.39 is 0 Å². The smallest absolute Gasteiger partial charge is 0.310 e. The van der Waals surface area contributed by atoms with E-state index in [1.54, 1.807) is 6.26 Å². The van der Waals surface area contributed by atoms with Gasteiger partial charge in [0.1, 0.15) is 0 Å². The molecule has 36 heavy (non-hydrogen) atoms. The van der Waals surface area contributed by atoms with Gasteiger partial charge in [-0.05, 0) is 25.3 Å². The van der Waals surface area contributed by atoms with E-state index in [4.69, 9.17) is 4.74 Å². The summed E-state index contributed by atoms with van der Waals surface area (Å²) in [6, 6.07) is 0. The highest BCUT2D eigenvalue weighted by Crippen LogP contribution is 2.15. The average molecular weight is 507 g/mol. The summed E-state index contributed by atoms with van der Waals surface area (Å²) >= 11 is 0. The van der Waals surface area contributed by atoms with Crippen LogP contribution in [0.25, 0.3) is 0 Å². The predicted molar refractivity (Wildman–Crippen MR) is 160 cm³/mol. The molecule has 0 aromatic heterocycles. The average Bonchev–Trinajstić information content (AvgIpc) is 2.88. The minimum atomic E-state index is -0.0596. The Morgan fingerprint density at radius 3 is 1.11 bits per heavy atom. The number of rotatable bonds is 30. The molecule has 0 unspecified atom stereocenters. The molecule has 0 aromatic rings. The fourth-order valence-corrected chi connectivity index (χ4v) is 4.99. The van der Waals surface area contributed by atoms with Crippen LogP contribution in [0.4, 0.5) is 0 Å². The molecule has 2 heteroatoms. The molecule has 0 aliphatic carbocycles. The summed E-state index contributed by atoms with van der Waals surface area (Å²) in [5.74, 6) is -0.0596. The van der Waals surface area contributed by atoms with Gasteiger partial charge in [-0.2, -0.15) is 0 Å². The van der Waals surface area contributed by atoms with Gasteiger partial charge in [-0.15, -0.1) is 0 Å². The van der Waals surface area contributed by atoms with Crippen molar-refractivity contribution in [3.63, 3.8) is 0 Å². The number of esters is 1. The van der Waals surface area contributed by atoms with Gasteiger partial charge in [0.15, 0.2) is 0 Å². The molecule has 0 saturated heterocycles. The van der Waals surface area contributed by atoms with Crippen LogP contribution in [0.5, 0.6) is 0 Å². The van der Waals surface area contributed by atoms with Crippen LogP contribution in [0.15, 0.2) is 12.3 Å². The second-order valence-electron chi connectivity index (χ2n) is 11.2. The molecule has 0 saturated carbocycles. The third-order valence-electron chi connectivity index (χ3n) is 7.50. The maximum absolute atomic E-state index is 11.8. The van der Waals surface area contributed by atoms with E-state index in [9.17, 15) is 4.79 Å². The van der Waals surface area contributed by atoms with Crippen LogP contribution in [-0.2, 0) is 9.53 Å². The monoisotopic (exact) mass is 507 g/mol. The van der Waals surface area contributed by atoms with E-state index in [1.165, 1.54) is 161 Å². The Morgan fingerprint density at radius 2 is 0.750 bits per heavy atom. The number of ether oxygens (including phenoxy) is 1. The zero-order chi connectivity index (χ0) is 26.2. The second kappa shape index (κ2) is 32.2. The van der Waals surface area contributed by atoms with Crippen LogP contribution in [0.1, 0.15) is 200 Å². The van der Waals surface area contributed by atoms with Gasteiger partial charge in [0, 0.05) is 6.42 Å². The van der Waals surface area contributed by atoms with E-state index in [1.807, 2.05) is 6.08 Å². The van der Waals surface area contributed by atoms with Gasteiger partial charge in [-0.3, -0.25) is 4.79 Å². The third kappa shape index (κ3) is 31.2. The lowest BCUT2D eigenvalue weighted by Crippen LogP contribution is -1.98. The van der Waals surface area contributed by atoms with Crippen LogP contribution < -0.4 is 0 Å². The lowest BCUT2D eigenvalue weighted by molar-refractivity contribution is -0.138. The third-order valence-corrected chi connectivity index (χ3v) is 7.50. The Morgan fingerprint density at radius 1 is 0.444 bits per heavy atom. The number of hydrogen-bond acceptors (Lipinski definition) is 2. The molecule has 0 atom stereocenters. The van der Waals surface area contributed by atoms with Crippen molar-refractivity contribution in [1.29, 1.82) is 0 Å². The zero-order valence-corrected chi connectivity index (χ0v) is 25.0. The molecule has 0 rings (SSSR count). The molecule has 2 nitrogen and oxygen atoms in total. The molecule has 0 heterocycles. The van der Waals surface area contributed by atoms with Crippen molar-refractivity contribution in [2.24, 2.45) is 0 Å². The minimum Gasteiger partial charge on any atom is -0.435 e. The summed E-state index contributed by atoms with van der Waals surface area (Å²) in [4.78, 5) is 11.8. The van der Waals surface area contributed by atoms with Crippen molar-refractivity contribution in [1.82, 2.24) is 0 Å². The minimum absolute atomic E-state index is 0.0596. The molecule has 0 spiro atoms. The molecule has 0 N–H and O–H groups in total. The Labute approximate surface area is 227 Å². The summed E-state index contributed by atoms with van der Waals surface area (Å²) in [6.07, 6.45) is 42.1. The first-order chi connectivity index (χ1) is 17.8. The summed E-state index contributed by atoms with van der Waals surface area (Å²) in [6.45, 7) is 4.57. The van der Waals surface area contributed by atoms with Crippen LogP contribution in [-0.4, -0.2) is 5.97 Å². The molecular formula is C34H66O2. The van der Waals surface area contributed by atoms with Crippen molar-refractivity contribution in [3.8, 4) is 0 Å². The van der Waals surface area contributed by atoms with Crippen LogP contribution >= 0.6 is 0 Å². The van der Waals surface area contributed by atoms with Gasteiger partial charge >= 0.3 is 5.97 Å². The van der Waals surface area contributed by atoms with E-state index in [0.717, 1.165) is 19.3 Å². The Bertz CT molecular complexity index is 442. The quantitative estimate of drug-likeness (QED) is 0.0550. The van der Waals surface area contributed by atoms with E-state index in [2.05, 4.69) is 13.8 Å². The Kier molecular flexibility index (Phi) is 31.5. The van der Waals surface area contributed by atoms with Crippen molar-refractivity contribution >= 4 is 5.97 Å². The van der Waals surface area contributed by atoms with Crippen molar-refractivity contribution < 1.29 is 9.53 Å². The zero-order valence-electron chi connectivity index (χ0n) is 25.0. The van der Waals surface area contributed by atoms with E-state index in [0.29, 0.717) is 6.42 Å². The second-order valence-corrected chi connectivity index (χ2v) is 11.2. The van der Waals surface area contributed by atoms with Gasteiger partial charge in [0.2, 0.25) is 0 Å². The largest absolute Gasteiger partial charge is 0.435 e. The molecule has 0 amide bonds. The Balaban J connectivity index is 3.21. The van der Waals surface area contributed by atoms with Gasteiger partial charge in [0.25, 0.3) is 0 Å². The topological polar surface area (TPSA) is 26.3 Å². The Hall–Kier alpha value is -0.790. The lowest BCUT2D eigenvalue weighted by Gasteiger charge is -2.03. The summed E-state index contributed by atoms with van der Waals surface area (Å²) in [5, 5.41) is 0. The SMILES string of the molecule is CCCCCCCCCCCCCCC=COC(=O)CCCCCCCCCCCCCCCCC. The molecule has 0 aliphatic heterocycles. The first-order valence-electron chi connectivity index (χ1n) is 16.7. The summed E-state index contributed by atoms with van der Waals surface area (Å²) in [5.41, 5.74) is 0. The number of carbonyl (C=O) groups is 1. The maximum Gasteiger partial charge on any atom is 0.310 e. The molecule has 0 fully saturated rings. The molecular weight excluding hydrogens is 440 g/mol. The standard InChI is InChI=1S/C34H66O2/c1-3-5-7-9-11-13-15-17-19-20-22-24-26-28-30-32-34(35)36-33-31-29-27-25-23-21-18-16-14-12-10-8-6-4-2/h31,33H,3-30,32H2,1-2H3. The van der Waals surface area contributed by atoms with Gasteiger partial charge < -0.3 is 4.74 Å². The normalized spacial score (nSPS) is 11.5. The van der Waals surface area contributed by atoms with Crippen LogP contribution in [0, 0.1) is 0 Å². The number of hydrogen-bond donors (Lipinski definition) is 0. The number of allylic oxidation sites excluding steroid dienone is 1. The molecule has 0 radical (unpaired) electrons. The highest BCUT2D eigenvalue weighted by Gasteiger charge is 2.01. The van der Waals surface area contributed by atoms with Crippen LogP contribution in [0.3, 0.4) is 0 Å². The van der Waals surface area contributed by atoms with E-state index in [-0.39, 0.29) is 5.97 Å². The highest BCUT2D eigenvalue weighted by atomic mass is 16.5. The molecule has 214 valence electrons. The number of carbonyl (C=O) groups excluding carboxylic acids is 1. The highest BCUT2D eigenvalue weighted by molar-refractivity contribution is 5.69.